The summed E-state index contributed by atoms with van der Waals surface area (Å²) in [4.78, 5) is 29.8. The standard InChI is InChI=1S/C20H30N6O2.HI/c1-2-21-20(24-10-9-23-19(28)16-5-6-16)25-13-15-3-7-17(8-4-15)26-12-11-22-18(27)14-26;/h3-4,7-8,16H,2,5-6,9-14H2,1H3,(H,22,27)(H,23,28)(H2,21,24,25);1H. The van der Waals surface area contributed by atoms with Gasteiger partial charge in [0.05, 0.1) is 13.1 Å². The second-order valence-corrected chi connectivity index (χ2v) is 7.13. The number of guanidine groups is 1. The quantitative estimate of drug-likeness (QED) is 0.178. The highest BCUT2D eigenvalue weighted by atomic mass is 127. The molecule has 2 fully saturated rings. The molecule has 0 unspecified atom stereocenters. The maximum atomic E-state index is 11.6. The van der Waals surface area contributed by atoms with Crippen molar-refractivity contribution >= 4 is 47.4 Å². The number of amides is 2. The lowest BCUT2D eigenvalue weighted by atomic mass is 10.2. The number of halogens is 1. The van der Waals surface area contributed by atoms with Crippen LogP contribution >= 0.6 is 24.0 Å². The van der Waals surface area contributed by atoms with E-state index in [0.29, 0.717) is 32.7 Å². The van der Waals surface area contributed by atoms with E-state index in [9.17, 15) is 9.59 Å². The van der Waals surface area contributed by atoms with Crippen LogP contribution in [0.5, 0.6) is 0 Å². The van der Waals surface area contributed by atoms with E-state index in [1.807, 2.05) is 31.2 Å². The third-order valence-corrected chi connectivity index (χ3v) is 4.77. The topological polar surface area (TPSA) is 97.9 Å². The van der Waals surface area contributed by atoms with E-state index in [1.165, 1.54) is 0 Å². The van der Waals surface area contributed by atoms with Crippen molar-refractivity contribution in [2.45, 2.75) is 26.3 Å². The zero-order chi connectivity index (χ0) is 19.8. The molecule has 1 aromatic carbocycles. The third-order valence-electron chi connectivity index (χ3n) is 4.77. The summed E-state index contributed by atoms with van der Waals surface area (Å²) in [5.41, 5.74) is 2.16. The smallest absolute Gasteiger partial charge is 0.239 e. The summed E-state index contributed by atoms with van der Waals surface area (Å²) in [6, 6.07) is 8.17. The SMILES string of the molecule is CCNC(=NCc1ccc(N2CCNC(=O)C2)cc1)NCCNC(=O)C1CC1.I. The number of carbonyl (C=O) groups is 2. The molecule has 1 aliphatic heterocycles. The summed E-state index contributed by atoms with van der Waals surface area (Å²) in [5, 5.41) is 12.2. The van der Waals surface area contributed by atoms with Gasteiger partial charge in [0.1, 0.15) is 0 Å². The van der Waals surface area contributed by atoms with E-state index in [4.69, 9.17) is 0 Å². The molecule has 2 aliphatic rings. The summed E-state index contributed by atoms with van der Waals surface area (Å²) < 4.78 is 0. The molecule has 4 N–H and O–H groups in total. The van der Waals surface area contributed by atoms with Crippen molar-refractivity contribution in [3.05, 3.63) is 29.8 Å². The minimum Gasteiger partial charge on any atom is -0.360 e. The van der Waals surface area contributed by atoms with E-state index >= 15 is 0 Å². The van der Waals surface area contributed by atoms with Crippen LogP contribution in [0.3, 0.4) is 0 Å². The number of benzene rings is 1. The van der Waals surface area contributed by atoms with Gasteiger partial charge >= 0.3 is 0 Å². The number of piperazine rings is 1. The van der Waals surface area contributed by atoms with E-state index in [2.05, 4.69) is 31.2 Å². The largest absolute Gasteiger partial charge is 0.360 e. The van der Waals surface area contributed by atoms with Gasteiger partial charge in [0.15, 0.2) is 5.96 Å². The normalized spacial score (nSPS) is 16.5. The second kappa shape index (κ2) is 11.8. The average molecular weight is 514 g/mol. The van der Waals surface area contributed by atoms with Crippen LogP contribution in [0, 0.1) is 5.92 Å². The fourth-order valence-corrected chi connectivity index (χ4v) is 3.04. The molecular weight excluding hydrogens is 483 g/mol. The molecular formula is C20H31IN6O2. The Hall–Kier alpha value is -2.04. The van der Waals surface area contributed by atoms with Crippen LogP contribution in [0.2, 0.25) is 0 Å². The molecule has 3 rings (SSSR count). The van der Waals surface area contributed by atoms with Gasteiger partial charge in [-0.1, -0.05) is 12.1 Å². The Morgan fingerprint density at radius 1 is 1.17 bits per heavy atom. The van der Waals surface area contributed by atoms with Crippen molar-refractivity contribution < 1.29 is 9.59 Å². The fraction of sp³-hybridized carbons (Fsp3) is 0.550. The van der Waals surface area contributed by atoms with E-state index in [-0.39, 0.29) is 41.7 Å². The van der Waals surface area contributed by atoms with Gasteiger partial charge in [-0.2, -0.15) is 0 Å². The van der Waals surface area contributed by atoms with Gasteiger partial charge in [0.2, 0.25) is 11.8 Å². The third kappa shape index (κ3) is 7.71. The number of aliphatic imine (C=N–C) groups is 1. The summed E-state index contributed by atoms with van der Waals surface area (Å²) in [6.07, 6.45) is 2.04. The molecule has 29 heavy (non-hydrogen) atoms. The van der Waals surface area contributed by atoms with Crippen molar-refractivity contribution in [3.8, 4) is 0 Å². The van der Waals surface area contributed by atoms with Crippen LogP contribution in [-0.4, -0.2) is 57.0 Å². The van der Waals surface area contributed by atoms with Crippen LogP contribution in [0.25, 0.3) is 0 Å². The summed E-state index contributed by atoms with van der Waals surface area (Å²) in [5.74, 6) is 1.20. The average Bonchev–Trinajstić information content (AvgIpc) is 3.55. The first-order chi connectivity index (χ1) is 13.7. The van der Waals surface area contributed by atoms with Gasteiger partial charge in [-0.25, -0.2) is 4.99 Å². The lowest BCUT2D eigenvalue weighted by Crippen LogP contribution is -2.47. The maximum Gasteiger partial charge on any atom is 0.239 e. The Bertz CT molecular complexity index is 705. The zero-order valence-corrected chi connectivity index (χ0v) is 19.2. The lowest BCUT2D eigenvalue weighted by molar-refractivity contribution is -0.122. The Balaban J connectivity index is 0.00000300. The van der Waals surface area contributed by atoms with Crippen LogP contribution in [-0.2, 0) is 16.1 Å². The molecule has 9 heteroatoms. The summed E-state index contributed by atoms with van der Waals surface area (Å²) in [7, 11) is 0. The molecule has 1 saturated heterocycles. The number of anilines is 1. The Morgan fingerprint density at radius 2 is 1.90 bits per heavy atom. The van der Waals surface area contributed by atoms with Gasteiger partial charge in [-0.3, -0.25) is 9.59 Å². The van der Waals surface area contributed by atoms with Crippen LogP contribution < -0.4 is 26.2 Å². The number of hydrogen-bond donors (Lipinski definition) is 4. The Morgan fingerprint density at radius 3 is 2.55 bits per heavy atom. The first-order valence-corrected chi connectivity index (χ1v) is 10.1. The number of rotatable bonds is 8. The summed E-state index contributed by atoms with van der Waals surface area (Å²) in [6.45, 7) is 6.51. The maximum absolute atomic E-state index is 11.6. The predicted molar refractivity (Wildman–Crippen MR) is 126 cm³/mol. The van der Waals surface area contributed by atoms with Gasteiger partial charge in [0, 0.05) is 44.3 Å². The van der Waals surface area contributed by atoms with Crippen molar-refractivity contribution in [2.75, 3.05) is 44.2 Å². The van der Waals surface area contributed by atoms with Gasteiger partial charge in [-0.15, -0.1) is 24.0 Å². The van der Waals surface area contributed by atoms with Crippen LogP contribution in [0.4, 0.5) is 5.69 Å². The number of nitrogens with one attached hydrogen (secondary N) is 4. The lowest BCUT2D eigenvalue weighted by Gasteiger charge is -2.28. The molecule has 0 spiro atoms. The van der Waals surface area contributed by atoms with Crippen molar-refractivity contribution in [1.29, 1.82) is 0 Å². The molecule has 160 valence electrons. The van der Waals surface area contributed by atoms with Crippen molar-refractivity contribution in [3.63, 3.8) is 0 Å². The highest BCUT2D eigenvalue weighted by Gasteiger charge is 2.28. The second-order valence-electron chi connectivity index (χ2n) is 7.13. The molecule has 0 bridgehead atoms. The highest BCUT2D eigenvalue weighted by Crippen LogP contribution is 2.28. The minimum absolute atomic E-state index is 0. The molecule has 1 aliphatic carbocycles. The summed E-state index contributed by atoms with van der Waals surface area (Å²) >= 11 is 0. The minimum atomic E-state index is 0. The molecule has 0 aromatic heterocycles. The van der Waals surface area contributed by atoms with Crippen LogP contribution in [0.1, 0.15) is 25.3 Å². The highest BCUT2D eigenvalue weighted by molar-refractivity contribution is 14.0. The number of carbonyl (C=O) groups excluding carboxylic acids is 2. The molecule has 1 aromatic rings. The molecule has 2 amide bonds. The van der Waals surface area contributed by atoms with Crippen molar-refractivity contribution in [2.24, 2.45) is 10.9 Å². The first-order valence-electron chi connectivity index (χ1n) is 10.1. The Kier molecular flexibility index (Phi) is 9.49. The zero-order valence-electron chi connectivity index (χ0n) is 16.9. The molecule has 0 atom stereocenters. The monoisotopic (exact) mass is 514 g/mol. The Labute approximate surface area is 189 Å². The molecule has 1 heterocycles. The van der Waals surface area contributed by atoms with Crippen molar-refractivity contribution in [1.82, 2.24) is 21.3 Å². The molecule has 0 radical (unpaired) electrons. The first kappa shape index (κ1) is 23.2. The fourth-order valence-electron chi connectivity index (χ4n) is 3.04. The van der Waals surface area contributed by atoms with E-state index in [0.717, 1.165) is 43.1 Å². The number of nitrogens with zero attached hydrogens (tertiary/aromatic N) is 2. The van der Waals surface area contributed by atoms with Gasteiger partial charge < -0.3 is 26.2 Å². The number of hydrogen-bond acceptors (Lipinski definition) is 4. The van der Waals surface area contributed by atoms with Crippen LogP contribution in [0.15, 0.2) is 29.3 Å². The van der Waals surface area contributed by atoms with Gasteiger partial charge in [0.25, 0.3) is 0 Å². The molecule has 1 saturated carbocycles. The molecule has 8 nitrogen and oxygen atoms in total. The van der Waals surface area contributed by atoms with E-state index < -0.39 is 0 Å². The van der Waals surface area contributed by atoms with Gasteiger partial charge in [-0.05, 0) is 37.5 Å². The predicted octanol–water partition coefficient (Wildman–Crippen LogP) is 0.822. The van der Waals surface area contributed by atoms with E-state index in [1.54, 1.807) is 0 Å².